The number of hydrogen-bond acceptors (Lipinski definition) is 3. The number of rotatable bonds is 5. The van der Waals surface area contributed by atoms with Crippen LogP contribution in [0.4, 0.5) is 18.9 Å². The lowest BCUT2D eigenvalue weighted by molar-refractivity contribution is 0.546. The van der Waals surface area contributed by atoms with Crippen molar-refractivity contribution in [1.29, 1.82) is 0 Å². The monoisotopic (exact) mass is 282 g/mol. The van der Waals surface area contributed by atoms with Crippen molar-refractivity contribution in [2.45, 2.75) is 18.6 Å². The summed E-state index contributed by atoms with van der Waals surface area (Å²) in [5, 5.41) is -0.971. The topological polar surface area (TPSA) is 72.2 Å². The summed E-state index contributed by atoms with van der Waals surface area (Å²) in [6.07, 6.45) is 0.191. The van der Waals surface area contributed by atoms with Crippen LogP contribution in [-0.2, 0) is 10.0 Å². The number of anilines is 1. The molecular formula is C10H13F3N2O2S. The Hall–Kier alpha value is -1.28. The minimum absolute atomic E-state index is 0.184. The molecule has 0 aromatic heterocycles. The smallest absolute Gasteiger partial charge is 0.237 e. The molecule has 1 aromatic rings. The molecule has 0 saturated heterocycles. The van der Waals surface area contributed by atoms with Gasteiger partial charge in [0.1, 0.15) is 11.5 Å². The predicted octanol–water partition coefficient (Wildman–Crippen LogP) is 1.58. The van der Waals surface area contributed by atoms with E-state index in [1.54, 1.807) is 11.6 Å². The average Bonchev–Trinajstić information content (AvgIpc) is 2.24. The lowest BCUT2D eigenvalue weighted by atomic mass is 10.3. The second kappa shape index (κ2) is 5.57. The highest BCUT2D eigenvalue weighted by atomic mass is 32.2. The molecule has 8 heteroatoms. The van der Waals surface area contributed by atoms with Crippen molar-refractivity contribution < 1.29 is 21.6 Å². The van der Waals surface area contributed by atoms with Gasteiger partial charge in [0, 0.05) is 18.7 Å². The summed E-state index contributed by atoms with van der Waals surface area (Å²) < 4.78 is 64.4. The minimum atomic E-state index is -4.01. The van der Waals surface area contributed by atoms with Crippen molar-refractivity contribution >= 4 is 15.7 Å². The van der Waals surface area contributed by atoms with Crippen LogP contribution in [0, 0.1) is 17.5 Å². The standard InChI is InChI=1S/C10H13F3N2O2S/c1-2-7(5-14)18(16,17)15-10-8(12)3-6(11)4-9(10)13/h3-4,7,15H,2,5,14H2,1H3. The molecule has 0 bridgehead atoms. The second-order valence-electron chi connectivity index (χ2n) is 3.66. The Morgan fingerprint density at radius 1 is 1.28 bits per heavy atom. The molecule has 1 aromatic carbocycles. The first-order valence-corrected chi connectivity index (χ1v) is 6.72. The first-order valence-electron chi connectivity index (χ1n) is 5.18. The highest BCUT2D eigenvalue weighted by molar-refractivity contribution is 7.93. The van der Waals surface area contributed by atoms with Crippen molar-refractivity contribution in [2.75, 3.05) is 11.3 Å². The molecular weight excluding hydrogens is 269 g/mol. The lowest BCUT2D eigenvalue weighted by Gasteiger charge is -2.16. The van der Waals surface area contributed by atoms with Crippen molar-refractivity contribution in [3.63, 3.8) is 0 Å². The van der Waals surface area contributed by atoms with Gasteiger partial charge in [0.15, 0.2) is 11.6 Å². The van der Waals surface area contributed by atoms with Gasteiger partial charge in [-0.3, -0.25) is 4.72 Å². The molecule has 18 heavy (non-hydrogen) atoms. The average molecular weight is 282 g/mol. The van der Waals surface area contributed by atoms with Gasteiger partial charge in [-0.1, -0.05) is 6.92 Å². The Kier molecular flexibility index (Phi) is 4.58. The van der Waals surface area contributed by atoms with Gasteiger partial charge in [0.05, 0.1) is 5.25 Å². The number of halogens is 3. The molecule has 1 atom stereocenters. The Morgan fingerprint density at radius 2 is 1.78 bits per heavy atom. The molecule has 0 amide bonds. The van der Waals surface area contributed by atoms with Crippen LogP contribution in [0.5, 0.6) is 0 Å². The molecule has 0 saturated carbocycles. The summed E-state index contributed by atoms with van der Waals surface area (Å²) in [6, 6.07) is 0.786. The fourth-order valence-electron chi connectivity index (χ4n) is 1.38. The van der Waals surface area contributed by atoms with Crippen molar-refractivity contribution in [3.05, 3.63) is 29.6 Å². The normalized spacial score (nSPS) is 13.4. The molecule has 4 nitrogen and oxygen atoms in total. The molecule has 0 fully saturated rings. The molecule has 0 radical (unpaired) electrons. The highest BCUT2D eigenvalue weighted by Gasteiger charge is 2.25. The van der Waals surface area contributed by atoms with Crippen LogP contribution in [0.1, 0.15) is 13.3 Å². The molecule has 3 N–H and O–H groups in total. The van der Waals surface area contributed by atoms with Crippen molar-refractivity contribution in [2.24, 2.45) is 5.73 Å². The van der Waals surface area contributed by atoms with E-state index >= 15 is 0 Å². The van der Waals surface area contributed by atoms with Gasteiger partial charge in [-0.15, -0.1) is 0 Å². The van der Waals surface area contributed by atoms with Gasteiger partial charge < -0.3 is 5.73 Å². The molecule has 0 aliphatic rings. The molecule has 0 aliphatic carbocycles. The molecule has 1 rings (SSSR count). The number of hydrogen-bond donors (Lipinski definition) is 2. The third kappa shape index (κ3) is 3.14. The zero-order valence-corrected chi connectivity index (χ0v) is 10.4. The van der Waals surface area contributed by atoms with Gasteiger partial charge in [0.2, 0.25) is 10.0 Å². The van der Waals surface area contributed by atoms with Gasteiger partial charge >= 0.3 is 0 Å². The van der Waals surface area contributed by atoms with E-state index in [1.807, 2.05) is 0 Å². The summed E-state index contributed by atoms with van der Waals surface area (Å²) in [7, 11) is -4.01. The fourth-order valence-corrected chi connectivity index (χ4v) is 2.72. The van der Waals surface area contributed by atoms with Gasteiger partial charge in [0.25, 0.3) is 0 Å². The van der Waals surface area contributed by atoms with E-state index < -0.39 is 38.4 Å². The van der Waals surface area contributed by atoms with Crippen molar-refractivity contribution in [1.82, 2.24) is 0 Å². The molecule has 1 unspecified atom stereocenters. The van der Waals surface area contributed by atoms with Crippen LogP contribution in [-0.4, -0.2) is 20.2 Å². The molecule has 102 valence electrons. The van der Waals surface area contributed by atoms with Gasteiger partial charge in [-0.2, -0.15) is 0 Å². The number of benzene rings is 1. The Morgan fingerprint density at radius 3 is 2.17 bits per heavy atom. The summed E-state index contributed by atoms with van der Waals surface area (Å²) >= 11 is 0. The molecule has 0 heterocycles. The van der Waals surface area contributed by atoms with E-state index in [-0.39, 0.29) is 13.0 Å². The van der Waals surface area contributed by atoms with Crippen LogP contribution in [0.15, 0.2) is 12.1 Å². The van der Waals surface area contributed by atoms with Crippen LogP contribution >= 0.6 is 0 Å². The minimum Gasteiger partial charge on any atom is -0.329 e. The molecule has 0 aliphatic heterocycles. The third-order valence-electron chi connectivity index (χ3n) is 2.41. The van der Waals surface area contributed by atoms with Crippen LogP contribution in [0.25, 0.3) is 0 Å². The zero-order chi connectivity index (χ0) is 13.9. The fraction of sp³-hybridized carbons (Fsp3) is 0.400. The van der Waals surface area contributed by atoms with Crippen LogP contribution in [0.3, 0.4) is 0 Å². The number of sulfonamides is 1. The third-order valence-corrected chi connectivity index (χ3v) is 4.30. The first-order chi connectivity index (χ1) is 8.31. The first kappa shape index (κ1) is 14.8. The van der Waals surface area contributed by atoms with E-state index in [0.717, 1.165) is 0 Å². The molecule has 0 spiro atoms. The SMILES string of the molecule is CCC(CN)S(=O)(=O)Nc1c(F)cc(F)cc1F. The highest BCUT2D eigenvalue weighted by Crippen LogP contribution is 2.22. The Labute approximate surface area is 103 Å². The lowest BCUT2D eigenvalue weighted by Crippen LogP contribution is -2.34. The predicted molar refractivity (Wildman–Crippen MR) is 62.0 cm³/mol. The number of nitrogens with two attached hydrogens (primary N) is 1. The second-order valence-corrected chi connectivity index (χ2v) is 5.62. The van der Waals surface area contributed by atoms with E-state index in [9.17, 15) is 21.6 Å². The van der Waals surface area contributed by atoms with E-state index in [1.165, 1.54) is 0 Å². The maximum Gasteiger partial charge on any atom is 0.237 e. The van der Waals surface area contributed by atoms with Crippen LogP contribution in [0.2, 0.25) is 0 Å². The quantitative estimate of drug-likeness (QED) is 0.861. The summed E-state index contributed by atoms with van der Waals surface area (Å²) in [5.74, 6) is -3.76. The maximum absolute atomic E-state index is 13.3. The van der Waals surface area contributed by atoms with E-state index in [4.69, 9.17) is 5.73 Å². The summed E-state index contributed by atoms with van der Waals surface area (Å²) in [6.45, 7) is 1.39. The van der Waals surface area contributed by atoms with Gasteiger partial charge in [-0.05, 0) is 6.42 Å². The summed E-state index contributed by atoms with van der Waals surface area (Å²) in [5.41, 5.74) is 4.36. The van der Waals surface area contributed by atoms with Gasteiger partial charge in [-0.25, -0.2) is 21.6 Å². The Bertz CT molecular complexity index is 507. The largest absolute Gasteiger partial charge is 0.329 e. The van der Waals surface area contributed by atoms with E-state index in [0.29, 0.717) is 12.1 Å². The van der Waals surface area contributed by atoms with Crippen LogP contribution < -0.4 is 10.5 Å². The Balaban J connectivity index is 3.12. The maximum atomic E-state index is 13.3. The van der Waals surface area contributed by atoms with E-state index in [2.05, 4.69) is 0 Å². The zero-order valence-electron chi connectivity index (χ0n) is 9.58. The van der Waals surface area contributed by atoms with Crippen molar-refractivity contribution in [3.8, 4) is 0 Å². The number of nitrogens with one attached hydrogen (secondary N) is 1. The summed E-state index contributed by atoms with van der Waals surface area (Å²) in [4.78, 5) is 0.